The van der Waals surface area contributed by atoms with E-state index in [9.17, 15) is 4.79 Å². The molecule has 0 radical (unpaired) electrons. The van der Waals surface area contributed by atoms with E-state index in [1.54, 1.807) is 11.3 Å². The second-order valence-electron chi connectivity index (χ2n) is 3.91. The van der Waals surface area contributed by atoms with E-state index in [2.05, 4.69) is 4.98 Å². The normalized spacial score (nSPS) is 17.7. The number of hydrogen-bond acceptors (Lipinski definition) is 4. The van der Waals surface area contributed by atoms with Crippen molar-refractivity contribution in [3.8, 4) is 0 Å². The van der Waals surface area contributed by atoms with Crippen molar-refractivity contribution in [1.29, 1.82) is 0 Å². The van der Waals surface area contributed by atoms with Crippen LogP contribution >= 0.6 is 11.3 Å². The number of carbonyl (C=O) groups is 1. The van der Waals surface area contributed by atoms with Gasteiger partial charge >= 0.3 is 6.09 Å². The molecule has 1 fully saturated rings. The Morgan fingerprint density at radius 3 is 2.81 bits per heavy atom. The van der Waals surface area contributed by atoms with Gasteiger partial charge < -0.3 is 15.7 Å². The van der Waals surface area contributed by atoms with Gasteiger partial charge in [-0.05, 0) is 12.8 Å². The number of piperidine rings is 1. The summed E-state index contributed by atoms with van der Waals surface area (Å²) in [7, 11) is 0. The van der Waals surface area contributed by atoms with Gasteiger partial charge in [0.25, 0.3) is 0 Å². The summed E-state index contributed by atoms with van der Waals surface area (Å²) in [5.74, 6) is 0.404. The summed E-state index contributed by atoms with van der Waals surface area (Å²) in [6.07, 6.45) is 2.73. The van der Waals surface area contributed by atoms with Crippen LogP contribution in [0, 0.1) is 0 Å². The molecule has 16 heavy (non-hydrogen) atoms. The molecule has 0 aromatic carbocycles. The molecule has 0 bridgehead atoms. The van der Waals surface area contributed by atoms with Crippen LogP contribution in [0.1, 0.15) is 28.6 Å². The van der Waals surface area contributed by atoms with Crippen molar-refractivity contribution >= 4 is 17.4 Å². The number of thiazole rings is 1. The van der Waals surface area contributed by atoms with Crippen LogP contribution in [0.4, 0.5) is 4.79 Å². The fraction of sp³-hybridized carbons (Fsp3) is 0.600. The SMILES string of the molecule is NCc1cnc(C2CCN(C(=O)O)CC2)s1. The van der Waals surface area contributed by atoms with Crippen molar-refractivity contribution in [2.45, 2.75) is 25.3 Å². The van der Waals surface area contributed by atoms with Crippen molar-refractivity contribution in [3.05, 3.63) is 16.1 Å². The second-order valence-corrected chi connectivity index (χ2v) is 5.06. The Balaban J connectivity index is 1.96. The van der Waals surface area contributed by atoms with Gasteiger partial charge in [-0.3, -0.25) is 0 Å². The predicted molar refractivity (Wildman–Crippen MR) is 61.6 cm³/mol. The molecular weight excluding hydrogens is 226 g/mol. The summed E-state index contributed by atoms with van der Waals surface area (Å²) in [6.45, 7) is 1.75. The summed E-state index contributed by atoms with van der Waals surface area (Å²) in [6, 6.07) is 0. The van der Waals surface area contributed by atoms with Crippen molar-refractivity contribution < 1.29 is 9.90 Å². The van der Waals surface area contributed by atoms with Gasteiger partial charge in [0.15, 0.2) is 0 Å². The molecule has 1 aromatic heterocycles. The quantitative estimate of drug-likeness (QED) is 0.821. The van der Waals surface area contributed by atoms with Gasteiger partial charge in [-0.2, -0.15) is 0 Å². The fourth-order valence-electron chi connectivity index (χ4n) is 1.92. The molecule has 0 atom stereocenters. The highest BCUT2D eigenvalue weighted by Gasteiger charge is 2.25. The molecule has 2 heterocycles. The van der Waals surface area contributed by atoms with Crippen molar-refractivity contribution in [3.63, 3.8) is 0 Å². The standard InChI is InChI=1S/C10H15N3O2S/c11-5-8-6-12-9(16-8)7-1-3-13(4-2-7)10(14)15/h6-7H,1-5,11H2,(H,14,15). The smallest absolute Gasteiger partial charge is 0.407 e. The largest absolute Gasteiger partial charge is 0.465 e. The second kappa shape index (κ2) is 4.80. The first kappa shape index (κ1) is 11.3. The van der Waals surface area contributed by atoms with E-state index >= 15 is 0 Å². The molecule has 1 aliphatic heterocycles. The molecule has 1 amide bonds. The van der Waals surface area contributed by atoms with Crippen LogP contribution in [0.25, 0.3) is 0 Å². The maximum atomic E-state index is 10.7. The first-order chi connectivity index (χ1) is 7.70. The van der Waals surface area contributed by atoms with Crippen LogP contribution in [-0.2, 0) is 6.54 Å². The molecule has 1 saturated heterocycles. The Hall–Kier alpha value is -1.14. The molecule has 0 saturated carbocycles. The molecule has 1 aliphatic rings. The molecule has 1 aromatic rings. The maximum Gasteiger partial charge on any atom is 0.407 e. The monoisotopic (exact) mass is 241 g/mol. The van der Waals surface area contributed by atoms with Crippen molar-refractivity contribution in [2.24, 2.45) is 5.73 Å². The summed E-state index contributed by atoms with van der Waals surface area (Å²) in [5, 5.41) is 9.94. The third-order valence-corrected chi connectivity index (χ3v) is 4.07. The van der Waals surface area contributed by atoms with Crippen molar-refractivity contribution in [2.75, 3.05) is 13.1 Å². The Morgan fingerprint density at radius 2 is 2.31 bits per heavy atom. The van der Waals surface area contributed by atoms with Gasteiger partial charge in [0.05, 0.1) is 5.01 Å². The Morgan fingerprint density at radius 1 is 1.62 bits per heavy atom. The number of nitrogens with two attached hydrogens (primary N) is 1. The summed E-state index contributed by atoms with van der Waals surface area (Å²) in [4.78, 5) is 17.7. The number of hydrogen-bond donors (Lipinski definition) is 2. The van der Waals surface area contributed by atoms with E-state index in [0.717, 1.165) is 22.7 Å². The minimum atomic E-state index is -0.819. The molecule has 2 rings (SSSR count). The maximum absolute atomic E-state index is 10.7. The average molecular weight is 241 g/mol. The van der Waals surface area contributed by atoms with Crippen LogP contribution in [-0.4, -0.2) is 34.2 Å². The lowest BCUT2D eigenvalue weighted by Gasteiger charge is -2.28. The highest BCUT2D eigenvalue weighted by molar-refractivity contribution is 7.11. The zero-order valence-electron chi connectivity index (χ0n) is 8.93. The summed E-state index contributed by atoms with van der Waals surface area (Å²) in [5.41, 5.74) is 5.54. The van der Waals surface area contributed by atoms with Crippen molar-refractivity contribution in [1.82, 2.24) is 9.88 Å². The van der Waals surface area contributed by atoms with E-state index in [-0.39, 0.29) is 0 Å². The molecule has 6 heteroatoms. The molecule has 3 N–H and O–H groups in total. The van der Waals surface area contributed by atoms with Gasteiger partial charge in [0, 0.05) is 36.6 Å². The molecule has 88 valence electrons. The van der Waals surface area contributed by atoms with Gasteiger partial charge in [0.1, 0.15) is 0 Å². The Kier molecular flexibility index (Phi) is 3.40. The number of carboxylic acid groups (broad SMARTS) is 1. The predicted octanol–water partition coefficient (Wildman–Crippen LogP) is 1.46. The van der Waals surface area contributed by atoms with Gasteiger partial charge in [-0.25, -0.2) is 9.78 Å². The van der Waals surface area contributed by atoms with Crippen LogP contribution in [0.5, 0.6) is 0 Å². The lowest BCUT2D eigenvalue weighted by Crippen LogP contribution is -2.36. The van der Waals surface area contributed by atoms with E-state index < -0.39 is 6.09 Å². The lowest BCUT2D eigenvalue weighted by molar-refractivity contribution is 0.132. The zero-order valence-corrected chi connectivity index (χ0v) is 9.74. The van der Waals surface area contributed by atoms with Crippen LogP contribution in [0.3, 0.4) is 0 Å². The third-order valence-electron chi connectivity index (χ3n) is 2.89. The molecular formula is C10H15N3O2S. The van der Waals surface area contributed by atoms with Gasteiger partial charge in [0.2, 0.25) is 0 Å². The minimum absolute atomic E-state index is 0.404. The number of amides is 1. The third kappa shape index (κ3) is 2.33. The first-order valence-electron chi connectivity index (χ1n) is 5.33. The Labute approximate surface area is 97.9 Å². The molecule has 5 nitrogen and oxygen atoms in total. The van der Waals surface area contributed by atoms with Crippen LogP contribution in [0.15, 0.2) is 6.20 Å². The zero-order chi connectivity index (χ0) is 11.5. The van der Waals surface area contributed by atoms with Crippen LogP contribution < -0.4 is 5.73 Å². The number of nitrogens with zero attached hydrogens (tertiary/aromatic N) is 2. The number of rotatable bonds is 2. The van der Waals surface area contributed by atoms with Crippen LogP contribution in [0.2, 0.25) is 0 Å². The summed E-state index contributed by atoms with van der Waals surface area (Å²) < 4.78 is 0. The van der Waals surface area contributed by atoms with E-state index in [4.69, 9.17) is 10.8 Å². The summed E-state index contributed by atoms with van der Waals surface area (Å²) >= 11 is 1.65. The topological polar surface area (TPSA) is 79.5 Å². The number of likely N-dealkylation sites (tertiary alicyclic amines) is 1. The molecule has 0 aliphatic carbocycles. The highest BCUT2D eigenvalue weighted by atomic mass is 32.1. The van der Waals surface area contributed by atoms with Gasteiger partial charge in [-0.1, -0.05) is 0 Å². The minimum Gasteiger partial charge on any atom is -0.465 e. The first-order valence-corrected chi connectivity index (χ1v) is 6.15. The van der Waals surface area contributed by atoms with E-state index in [1.807, 2.05) is 6.20 Å². The molecule has 0 spiro atoms. The lowest BCUT2D eigenvalue weighted by atomic mass is 9.98. The average Bonchev–Trinajstić information content (AvgIpc) is 2.77. The highest BCUT2D eigenvalue weighted by Crippen LogP contribution is 2.30. The molecule has 0 unspecified atom stereocenters. The van der Waals surface area contributed by atoms with E-state index in [1.165, 1.54) is 4.90 Å². The fourth-order valence-corrected chi connectivity index (χ4v) is 2.89. The number of aromatic nitrogens is 1. The van der Waals surface area contributed by atoms with Gasteiger partial charge in [-0.15, -0.1) is 11.3 Å². The Bertz CT molecular complexity index is 372. The van der Waals surface area contributed by atoms with E-state index in [0.29, 0.717) is 25.6 Å².